The van der Waals surface area contributed by atoms with Crippen LogP contribution in [0.1, 0.15) is 12.0 Å². The molecule has 1 aromatic carbocycles. The summed E-state index contributed by atoms with van der Waals surface area (Å²) in [6.45, 7) is -0.285. The van der Waals surface area contributed by atoms with E-state index in [1.165, 1.54) is 0 Å². The van der Waals surface area contributed by atoms with E-state index in [9.17, 15) is 9.59 Å². The summed E-state index contributed by atoms with van der Waals surface area (Å²) in [6.07, 6.45) is -0.827. The minimum atomic E-state index is -1.57. The van der Waals surface area contributed by atoms with Crippen LogP contribution < -0.4 is 10.1 Å². The van der Waals surface area contributed by atoms with Gasteiger partial charge in [0.1, 0.15) is 5.75 Å². The van der Waals surface area contributed by atoms with Gasteiger partial charge in [-0.1, -0.05) is 12.1 Å². The number of methoxy groups -OCH3 is 1. The number of aliphatic carboxylic acids is 1. The SMILES string of the molecule is COc1cccc(CCC(=O)NCC(O)C(=O)O)c1. The van der Waals surface area contributed by atoms with E-state index in [1.807, 2.05) is 24.3 Å². The van der Waals surface area contributed by atoms with Crippen LogP contribution in [0.25, 0.3) is 0 Å². The van der Waals surface area contributed by atoms with Crippen molar-refractivity contribution in [2.75, 3.05) is 13.7 Å². The molecule has 0 bridgehead atoms. The van der Waals surface area contributed by atoms with Crippen LogP contribution in [0.3, 0.4) is 0 Å². The van der Waals surface area contributed by atoms with E-state index in [1.54, 1.807) is 7.11 Å². The van der Waals surface area contributed by atoms with Crippen molar-refractivity contribution in [3.8, 4) is 5.75 Å². The van der Waals surface area contributed by atoms with Gasteiger partial charge in [-0.2, -0.15) is 0 Å². The van der Waals surface area contributed by atoms with Gasteiger partial charge in [-0.25, -0.2) is 4.79 Å². The van der Waals surface area contributed by atoms with Crippen molar-refractivity contribution >= 4 is 11.9 Å². The Labute approximate surface area is 111 Å². The first kappa shape index (κ1) is 15.0. The molecule has 1 unspecified atom stereocenters. The first-order valence-corrected chi connectivity index (χ1v) is 5.83. The van der Waals surface area contributed by atoms with Crippen LogP contribution in [0.15, 0.2) is 24.3 Å². The molecule has 0 fully saturated rings. The van der Waals surface area contributed by atoms with Gasteiger partial charge in [0.2, 0.25) is 5.91 Å². The zero-order valence-electron chi connectivity index (χ0n) is 10.6. The molecule has 0 aliphatic carbocycles. The first-order chi connectivity index (χ1) is 9.02. The molecule has 0 saturated carbocycles. The Hall–Kier alpha value is -2.08. The molecule has 0 aromatic heterocycles. The Morgan fingerprint density at radius 3 is 2.79 bits per heavy atom. The minimum absolute atomic E-state index is 0.222. The van der Waals surface area contributed by atoms with Crippen molar-refractivity contribution < 1.29 is 24.5 Å². The quantitative estimate of drug-likeness (QED) is 0.655. The van der Waals surface area contributed by atoms with Crippen LogP contribution in [0.2, 0.25) is 0 Å². The van der Waals surface area contributed by atoms with Gasteiger partial charge in [-0.15, -0.1) is 0 Å². The molecule has 1 aromatic rings. The van der Waals surface area contributed by atoms with Crippen molar-refractivity contribution in [1.82, 2.24) is 5.32 Å². The van der Waals surface area contributed by atoms with Crippen molar-refractivity contribution in [2.45, 2.75) is 18.9 Å². The zero-order valence-corrected chi connectivity index (χ0v) is 10.6. The zero-order chi connectivity index (χ0) is 14.3. The molecule has 0 spiro atoms. The number of carboxylic acid groups (broad SMARTS) is 1. The normalized spacial score (nSPS) is 11.7. The van der Waals surface area contributed by atoms with E-state index in [-0.39, 0.29) is 18.9 Å². The number of ether oxygens (including phenoxy) is 1. The average molecular weight is 267 g/mol. The van der Waals surface area contributed by atoms with Crippen LogP contribution in [0, 0.1) is 0 Å². The van der Waals surface area contributed by atoms with E-state index < -0.39 is 12.1 Å². The molecule has 0 aliphatic rings. The predicted octanol–water partition coefficient (Wildman–Crippen LogP) is 0.189. The van der Waals surface area contributed by atoms with E-state index in [4.69, 9.17) is 14.9 Å². The van der Waals surface area contributed by atoms with E-state index in [0.717, 1.165) is 11.3 Å². The fourth-order valence-corrected chi connectivity index (χ4v) is 1.47. The number of rotatable bonds is 7. The molecule has 3 N–H and O–H groups in total. The number of carboxylic acids is 1. The number of aryl methyl sites for hydroxylation is 1. The van der Waals surface area contributed by atoms with Crippen molar-refractivity contribution in [2.24, 2.45) is 0 Å². The van der Waals surface area contributed by atoms with Crippen molar-refractivity contribution in [1.29, 1.82) is 0 Å². The Balaban J connectivity index is 2.35. The topological polar surface area (TPSA) is 95.9 Å². The molecule has 0 radical (unpaired) electrons. The largest absolute Gasteiger partial charge is 0.497 e. The number of hydrogen-bond donors (Lipinski definition) is 3. The number of hydrogen-bond acceptors (Lipinski definition) is 4. The van der Waals surface area contributed by atoms with Gasteiger partial charge in [0.05, 0.1) is 13.7 Å². The minimum Gasteiger partial charge on any atom is -0.497 e. The number of carbonyl (C=O) groups is 2. The van der Waals surface area contributed by atoms with Gasteiger partial charge in [0, 0.05) is 6.42 Å². The number of benzene rings is 1. The summed E-state index contributed by atoms with van der Waals surface area (Å²) in [5.41, 5.74) is 0.952. The molecule has 0 aliphatic heterocycles. The van der Waals surface area contributed by atoms with Crippen molar-refractivity contribution in [3.63, 3.8) is 0 Å². The molecule has 1 rings (SSSR count). The highest BCUT2D eigenvalue weighted by Gasteiger charge is 2.13. The molecular weight excluding hydrogens is 250 g/mol. The Morgan fingerprint density at radius 2 is 2.16 bits per heavy atom. The maximum Gasteiger partial charge on any atom is 0.334 e. The van der Waals surface area contributed by atoms with Crippen LogP contribution in [0.4, 0.5) is 0 Å². The highest BCUT2D eigenvalue weighted by Crippen LogP contribution is 2.13. The summed E-state index contributed by atoms with van der Waals surface area (Å²) in [6, 6.07) is 7.36. The lowest BCUT2D eigenvalue weighted by Gasteiger charge is -2.08. The number of amides is 1. The number of carbonyl (C=O) groups excluding carboxylic acids is 1. The van der Waals surface area contributed by atoms with Crippen LogP contribution >= 0.6 is 0 Å². The number of aliphatic hydroxyl groups is 1. The third kappa shape index (κ3) is 5.39. The molecule has 6 nitrogen and oxygen atoms in total. The Kier molecular flexibility index (Phi) is 5.81. The molecule has 1 amide bonds. The predicted molar refractivity (Wildman–Crippen MR) is 68.0 cm³/mol. The lowest BCUT2D eigenvalue weighted by molar-refractivity contribution is -0.146. The second kappa shape index (κ2) is 7.38. The Morgan fingerprint density at radius 1 is 1.42 bits per heavy atom. The lowest BCUT2D eigenvalue weighted by Crippen LogP contribution is -2.36. The third-order valence-corrected chi connectivity index (χ3v) is 2.55. The highest BCUT2D eigenvalue weighted by atomic mass is 16.5. The first-order valence-electron chi connectivity index (χ1n) is 5.83. The summed E-state index contributed by atoms with van der Waals surface area (Å²) in [4.78, 5) is 21.8. The van der Waals surface area contributed by atoms with Gasteiger partial charge in [0.25, 0.3) is 0 Å². The third-order valence-electron chi connectivity index (χ3n) is 2.55. The number of aliphatic hydroxyl groups excluding tert-OH is 1. The van der Waals surface area contributed by atoms with Crippen LogP contribution in [-0.2, 0) is 16.0 Å². The smallest absolute Gasteiger partial charge is 0.334 e. The standard InChI is InChI=1S/C13H17NO5/c1-19-10-4-2-3-9(7-10)5-6-12(16)14-8-11(15)13(17)18/h2-4,7,11,15H,5-6,8H2,1H3,(H,14,16)(H,17,18). The maximum atomic E-state index is 11.5. The summed E-state index contributed by atoms with van der Waals surface area (Å²) in [7, 11) is 1.57. The van der Waals surface area contributed by atoms with Gasteiger partial charge in [-0.3, -0.25) is 4.79 Å². The fraction of sp³-hybridized carbons (Fsp3) is 0.385. The monoisotopic (exact) mass is 267 g/mol. The molecule has 6 heteroatoms. The van der Waals surface area contributed by atoms with Gasteiger partial charge < -0.3 is 20.3 Å². The molecule has 19 heavy (non-hydrogen) atoms. The second-order valence-electron chi connectivity index (χ2n) is 4.01. The summed E-state index contributed by atoms with van der Waals surface area (Å²) < 4.78 is 5.07. The molecule has 1 atom stereocenters. The lowest BCUT2D eigenvalue weighted by atomic mass is 10.1. The summed E-state index contributed by atoms with van der Waals surface area (Å²) in [5.74, 6) is -0.935. The Bertz CT molecular complexity index is 446. The maximum absolute atomic E-state index is 11.5. The average Bonchev–Trinajstić information content (AvgIpc) is 2.42. The fourth-order valence-electron chi connectivity index (χ4n) is 1.47. The number of nitrogens with one attached hydrogen (secondary N) is 1. The summed E-state index contributed by atoms with van der Waals surface area (Å²) >= 11 is 0. The van der Waals surface area contributed by atoms with E-state index in [2.05, 4.69) is 5.32 Å². The summed E-state index contributed by atoms with van der Waals surface area (Å²) in [5, 5.41) is 19.8. The van der Waals surface area contributed by atoms with Crippen molar-refractivity contribution in [3.05, 3.63) is 29.8 Å². The molecular formula is C13H17NO5. The highest BCUT2D eigenvalue weighted by molar-refractivity contribution is 5.78. The van der Waals surface area contributed by atoms with E-state index >= 15 is 0 Å². The van der Waals surface area contributed by atoms with Crippen LogP contribution in [0.5, 0.6) is 5.75 Å². The molecule has 0 heterocycles. The van der Waals surface area contributed by atoms with Crippen LogP contribution in [-0.4, -0.2) is 41.8 Å². The molecule has 104 valence electrons. The van der Waals surface area contributed by atoms with E-state index in [0.29, 0.717) is 6.42 Å². The van der Waals surface area contributed by atoms with Gasteiger partial charge >= 0.3 is 5.97 Å². The molecule has 0 saturated heterocycles. The second-order valence-corrected chi connectivity index (χ2v) is 4.01. The van der Waals surface area contributed by atoms with Gasteiger partial charge in [0.15, 0.2) is 6.10 Å². The van der Waals surface area contributed by atoms with Gasteiger partial charge in [-0.05, 0) is 24.1 Å².